The number of nitrogens with zero attached hydrogens (tertiary/aromatic N) is 4. The first-order valence-electron chi connectivity index (χ1n) is 7.03. The quantitative estimate of drug-likeness (QED) is 0.888. The molecule has 19 heavy (non-hydrogen) atoms. The predicted octanol–water partition coefficient (Wildman–Crippen LogP) is 1.53. The van der Waals surface area contributed by atoms with Gasteiger partial charge in [-0.1, -0.05) is 13.8 Å². The van der Waals surface area contributed by atoms with Gasteiger partial charge in [0.25, 0.3) is 0 Å². The van der Waals surface area contributed by atoms with E-state index in [0.29, 0.717) is 12.0 Å². The third kappa shape index (κ3) is 4.12. The average molecular weight is 283 g/mol. The van der Waals surface area contributed by atoms with E-state index < -0.39 is 0 Å². The van der Waals surface area contributed by atoms with Crippen molar-refractivity contribution in [2.45, 2.75) is 26.8 Å². The summed E-state index contributed by atoms with van der Waals surface area (Å²) in [5.41, 5.74) is 0. The molecule has 0 aromatic carbocycles. The maximum absolute atomic E-state index is 4.37. The smallest absolute Gasteiger partial charge is 0.202 e. The molecule has 2 rings (SSSR count). The van der Waals surface area contributed by atoms with Crippen LogP contribution in [-0.2, 0) is 0 Å². The minimum atomic E-state index is 0.568. The summed E-state index contributed by atoms with van der Waals surface area (Å²) in [5.74, 6) is 1.50. The Labute approximate surface area is 120 Å². The van der Waals surface area contributed by atoms with E-state index in [9.17, 15) is 0 Å². The number of likely N-dealkylation sites (N-methyl/N-ethyl adjacent to an activating group) is 1. The molecule has 108 valence electrons. The minimum Gasteiger partial charge on any atom is -0.359 e. The molecule has 1 aromatic heterocycles. The first-order chi connectivity index (χ1) is 9.06. The highest BCUT2D eigenvalue weighted by atomic mass is 32.1. The Kier molecular flexibility index (Phi) is 5.13. The third-order valence-electron chi connectivity index (χ3n) is 3.77. The van der Waals surface area contributed by atoms with Crippen molar-refractivity contribution in [1.82, 2.24) is 19.2 Å². The van der Waals surface area contributed by atoms with Crippen molar-refractivity contribution in [3.8, 4) is 0 Å². The van der Waals surface area contributed by atoms with E-state index in [1.807, 2.05) is 6.92 Å². The fraction of sp³-hybridized carbons (Fsp3) is 0.846. The first-order valence-corrected chi connectivity index (χ1v) is 7.80. The lowest BCUT2D eigenvalue weighted by Crippen LogP contribution is -2.52. The number of rotatable bonds is 5. The summed E-state index contributed by atoms with van der Waals surface area (Å²) in [7, 11) is 2.20. The Hall–Kier alpha value is -0.720. The molecule has 1 saturated heterocycles. The molecular formula is C13H25N5S. The van der Waals surface area contributed by atoms with Gasteiger partial charge in [-0.05, 0) is 19.9 Å². The fourth-order valence-electron chi connectivity index (χ4n) is 2.50. The van der Waals surface area contributed by atoms with Gasteiger partial charge in [-0.2, -0.15) is 4.37 Å². The Morgan fingerprint density at radius 3 is 2.47 bits per heavy atom. The van der Waals surface area contributed by atoms with E-state index >= 15 is 0 Å². The first kappa shape index (κ1) is 14.7. The van der Waals surface area contributed by atoms with Gasteiger partial charge in [0, 0.05) is 50.3 Å². The van der Waals surface area contributed by atoms with Gasteiger partial charge >= 0.3 is 0 Å². The highest BCUT2D eigenvalue weighted by Crippen LogP contribution is 2.16. The van der Waals surface area contributed by atoms with Crippen LogP contribution < -0.4 is 5.32 Å². The summed E-state index contributed by atoms with van der Waals surface area (Å²) in [6, 6.07) is 0.568. The standard InChI is InChI=1S/C13H25N5S/c1-10(2)12(18-7-5-17(4)6-8-18)9-14-13-15-11(3)16-19-13/h10,12H,5-9H2,1-4H3,(H,14,15,16). The van der Waals surface area contributed by atoms with Crippen LogP contribution in [0.25, 0.3) is 0 Å². The number of piperazine rings is 1. The van der Waals surface area contributed by atoms with Crippen molar-refractivity contribution in [1.29, 1.82) is 0 Å². The van der Waals surface area contributed by atoms with Crippen LogP contribution in [0.1, 0.15) is 19.7 Å². The second-order valence-corrected chi connectivity index (χ2v) is 6.43. The van der Waals surface area contributed by atoms with Crippen LogP contribution >= 0.6 is 11.5 Å². The Morgan fingerprint density at radius 1 is 1.26 bits per heavy atom. The maximum atomic E-state index is 4.37. The number of anilines is 1. The maximum Gasteiger partial charge on any atom is 0.202 e. The Morgan fingerprint density at radius 2 is 1.95 bits per heavy atom. The minimum absolute atomic E-state index is 0.568. The number of hydrogen-bond donors (Lipinski definition) is 1. The van der Waals surface area contributed by atoms with E-state index in [2.05, 4.69) is 45.4 Å². The van der Waals surface area contributed by atoms with Crippen LogP contribution in [0.5, 0.6) is 0 Å². The van der Waals surface area contributed by atoms with Gasteiger partial charge in [-0.3, -0.25) is 4.90 Å². The molecule has 1 aliphatic rings. The summed E-state index contributed by atoms with van der Waals surface area (Å²) >= 11 is 1.45. The van der Waals surface area contributed by atoms with Gasteiger partial charge in [0.2, 0.25) is 5.13 Å². The number of aryl methyl sites for hydroxylation is 1. The van der Waals surface area contributed by atoms with Crippen molar-refractivity contribution in [2.24, 2.45) is 5.92 Å². The van der Waals surface area contributed by atoms with E-state index in [1.165, 1.54) is 24.6 Å². The van der Waals surface area contributed by atoms with Gasteiger partial charge in [0.15, 0.2) is 0 Å². The zero-order chi connectivity index (χ0) is 13.8. The van der Waals surface area contributed by atoms with Crippen molar-refractivity contribution < 1.29 is 0 Å². The van der Waals surface area contributed by atoms with Crippen LogP contribution in [0.4, 0.5) is 5.13 Å². The lowest BCUT2D eigenvalue weighted by Gasteiger charge is -2.39. The molecule has 1 aliphatic heterocycles. The summed E-state index contributed by atoms with van der Waals surface area (Å²) in [5, 5.41) is 4.39. The number of aromatic nitrogens is 2. The normalized spacial score (nSPS) is 19.8. The van der Waals surface area contributed by atoms with E-state index in [1.54, 1.807) is 0 Å². The molecule has 1 unspecified atom stereocenters. The predicted molar refractivity (Wildman–Crippen MR) is 80.8 cm³/mol. The summed E-state index contributed by atoms with van der Waals surface area (Å²) < 4.78 is 4.21. The van der Waals surface area contributed by atoms with Gasteiger partial charge in [-0.25, -0.2) is 4.98 Å². The van der Waals surface area contributed by atoms with Crippen LogP contribution in [-0.4, -0.2) is 65.0 Å². The highest BCUT2D eigenvalue weighted by Gasteiger charge is 2.24. The van der Waals surface area contributed by atoms with Crippen LogP contribution in [0.15, 0.2) is 0 Å². The molecule has 0 radical (unpaired) electrons. The molecule has 1 N–H and O–H groups in total. The van der Waals surface area contributed by atoms with Crippen LogP contribution in [0, 0.1) is 12.8 Å². The third-order valence-corrected chi connectivity index (χ3v) is 4.53. The van der Waals surface area contributed by atoms with Crippen molar-refractivity contribution in [3.05, 3.63) is 5.82 Å². The van der Waals surface area contributed by atoms with Crippen molar-refractivity contribution >= 4 is 16.7 Å². The largest absolute Gasteiger partial charge is 0.359 e. The summed E-state index contributed by atoms with van der Waals surface area (Å²) in [6.07, 6.45) is 0. The SMILES string of the molecule is Cc1nsc(NCC(C(C)C)N2CCN(C)CC2)n1. The van der Waals surface area contributed by atoms with E-state index in [4.69, 9.17) is 0 Å². The van der Waals surface area contributed by atoms with E-state index in [0.717, 1.165) is 30.6 Å². The van der Waals surface area contributed by atoms with Gasteiger partial charge < -0.3 is 10.2 Å². The summed E-state index contributed by atoms with van der Waals surface area (Å²) in [6.45, 7) is 12.2. The van der Waals surface area contributed by atoms with Crippen LogP contribution in [0.2, 0.25) is 0 Å². The molecular weight excluding hydrogens is 258 g/mol. The van der Waals surface area contributed by atoms with Gasteiger partial charge in [0.1, 0.15) is 5.82 Å². The fourth-order valence-corrected chi connectivity index (χ4v) is 3.08. The van der Waals surface area contributed by atoms with Crippen molar-refractivity contribution in [2.75, 3.05) is 45.1 Å². The van der Waals surface area contributed by atoms with Crippen molar-refractivity contribution in [3.63, 3.8) is 0 Å². The molecule has 5 nitrogen and oxygen atoms in total. The lowest BCUT2D eigenvalue weighted by atomic mass is 10.0. The molecule has 0 aliphatic carbocycles. The molecule has 6 heteroatoms. The number of nitrogens with one attached hydrogen (secondary N) is 1. The Balaban J connectivity index is 1.89. The topological polar surface area (TPSA) is 44.3 Å². The molecule has 0 spiro atoms. The van der Waals surface area contributed by atoms with Gasteiger partial charge in [0.05, 0.1) is 0 Å². The lowest BCUT2D eigenvalue weighted by molar-refractivity contribution is 0.0944. The Bertz CT molecular complexity index is 384. The zero-order valence-electron chi connectivity index (χ0n) is 12.4. The second kappa shape index (κ2) is 6.63. The highest BCUT2D eigenvalue weighted by molar-refractivity contribution is 7.09. The van der Waals surface area contributed by atoms with Gasteiger partial charge in [-0.15, -0.1) is 0 Å². The number of hydrogen-bond acceptors (Lipinski definition) is 6. The molecule has 1 atom stereocenters. The second-order valence-electron chi connectivity index (χ2n) is 5.68. The molecule has 0 saturated carbocycles. The molecule has 0 amide bonds. The molecule has 2 heterocycles. The molecule has 0 bridgehead atoms. The average Bonchev–Trinajstić information content (AvgIpc) is 2.77. The molecule has 1 fully saturated rings. The van der Waals surface area contributed by atoms with E-state index in [-0.39, 0.29) is 0 Å². The molecule has 1 aromatic rings. The monoisotopic (exact) mass is 283 g/mol. The van der Waals surface area contributed by atoms with Crippen LogP contribution in [0.3, 0.4) is 0 Å². The zero-order valence-corrected chi connectivity index (χ0v) is 13.2. The summed E-state index contributed by atoms with van der Waals surface area (Å²) in [4.78, 5) is 9.37.